The van der Waals surface area contributed by atoms with Gasteiger partial charge in [-0.15, -0.1) is 0 Å². The largest absolute Gasteiger partial charge is 0.390 e. The number of aliphatic hydroxyl groups is 1. The SMILES string of the molecule is CN(C(N)=Nc1cccc(NS(C)(=O)=O)c1)C1C2CC3CC(O)(C2)CC1C3N. The standard InChI is InChI=1S/C19H29N5O3S/c1-24(17-12-6-11-8-19(25,9-12)10-15(17)16(11)20)18(21)22-13-4-3-5-14(7-13)23-28(2,26)27/h3-5,7,11-12,15-17,23,25H,6,8-10,20H2,1-2H3,(H2,21,22). The molecular formula is C19H29N5O3S. The van der Waals surface area contributed by atoms with Gasteiger partial charge in [0, 0.05) is 19.1 Å². The van der Waals surface area contributed by atoms with Crippen LogP contribution in [0.2, 0.25) is 0 Å². The number of guanidine groups is 1. The van der Waals surface area contributed by atoms with Gasteiger partial charge in [-0.2, -0.15) is 0 Å². The number of anilines is 1. The molecule has 6 unspecified atom stereocenters. The summed E-state index contributed by atoms with van der Waals surface area (Å²) in [5.74, 6) is 1.32. The lowest BCUT2D eigenvalue weighted by atomic mass is 9.50. The summed E-state index contributed by atoms with van der Waals surface area (Å²) < 4.78 is 25.3. The summed E-state index contributed by atoms with van der Waals surface area (Å²) >= 11 is 0. The highest BCUT2D eigenvalue weighted by Gasteiger charge is 2.59. The maximum atomic E-state index is 11.4. The second kappa shape index (κ2) is 6.60. The number of nitrogens with zero attached hydrogens (tertiary/aromatic N) is 2. The Balaban J connectivity index is 1.55. The molecule has 0 aliphatic heterocycles. The smallest absolute Gasteiger partial charge is 0.229 e. The van der Waals surface area contributed by atoms with E-state index in [4.69, 9.17) is 11.5 Å². The number of nitrogens with two attached hydrogens (primary N) is 2. The van der Waals surface area contributed by atoms with Crippen molar-refractivity contribution < 1.29 is 13.5 Å². The van der Waals surface area contributed by atoms with Gasteiger partial charge in [0.05, 0.1) is 23.2 Å². The molecule has 4 aliphatic carbocycles. The van der Waals surface area contributed by atoms with Crippen molar-refractivity contribution in [2.24, 2.45) is 34.2 Å². The van der Waals surface area contributed by atoms with Gasteiger partial charge >= 0.3 is 0 Å². The molecule has 6 N–H and O–H groups in total. The first-order valence-electron chi connectivity index (χ1n) is 9.67. The molecule has 9 heteroatoms. The third kappa shape index (κ3) is 3.58. The van der Waals surface area contributed by atoms with Gasteiger partial charge in [0.2, 0.25) is 10.0 Å². The van der Waals surface area contributed by atoms with Crippen LogP contribution in [0.25, 0.3) is 0 Å². The molecule has 5 rings (SSSR count). The van der Waals surface area contributed by atoms with Gasteiger partial charge in [-0.3, -0.25) is 4.72 Å². The molecule has 154 valence electrons. The Morgan fingerprint density at radius 1 is 1.32 bits per heavy atom. The zero-order chi connectivity index (χ0) is 20.3. The van der Waals surface area contributed by atoms with Gasteiger partial charge in [-0.05, 0) is 61.6 Å². The highest BCUT2D eigenvalue weighted by molar-refractivity contribution is 7.92. The van der Waals surface area contributed by atoms with E-state index in [-0.39, 0.29) is 18.0 Å². The normalized spacial score (nSPS) is 37.1. The number of sulfonamides is 1. The predicted molar refractivity (Wildman–Crippen MR) is 110 cm³/mol. The highest BCUT2D eigenvalue weighted by atomic mass is 32.2. The van der Waals surface area contributed by atoms with Crippen LogP contribution < -0.4 is 16.2 Å². The van der Waals surface area contributed by atoms with Gasteiger partial charge in [0.15, 0.2) is 5.96 Å². The van der Waals surface area contributed by atoms with Crippen LogP contribution in [0.1, 0.15) is 25.7 Å². The number of hydrogen-bond acceptors (Lipinski definition) is 5. The highest BCUT2D eigenvalue weighted by Crippen LogP contribution is 2.56. The average Bonchev–Trinajstić information content (AvgIpc) is 2.56. The van der Waals surface area contributed by atoms with Crippen LogP contribution in [-0.4, -0.2) is 55.4 Å². The Labute approximate surface area is 166 Å². The molecule has 0 heterocycles. The Morgan fingerprint density at radius 2 is 2.04 bits per heavy atom. The van der Waals surface area contributed by atoms with Crippen LogP contribution in [0.15, 0.2) is 29.3 Å². The Kier molecular flexibility index (Phi) is 4.59. The molecule has 0 radical (unpaired) electrons. The molecular weight excluding hydrogens is 378 g/mol. The second-order valence-corrected chi connectivity index (χ2v) is 10.6. The van der Waals surface area contributed by atoms with Crippen molar-refractivity contribution in [3.8, 4) is 0 Å². The Hall–Kier alpha value is -1.84. The van der Waals surface area contributed by atoms with Crippen molar-refractivity contribution in [2.45, 2.75) is 43.4 Å². The monoisotopic (exact) mass is 407 g/mol. The van der Waals surface area contributed by atoms with Crippen LogP contribution in [0.4, 0.5) is 11.4 Å². The van der Waals surface area contributed by atoms with Crippen LogP contribution in [0, 0.1) is 17.8 Å². The number of hydrogen-bond donors (Lipinski definition) is 4. The Bertz CT molecular complexity index is 905. The minimum absolute atomic E-state index is 0.0827. The molecule has 4 bridgehead atoms. The molecule has 4 aliphatic rings. The summed E-state index contributed by atoms with van der Waals surface area (Å²) in [5, 5.41) is 10.8. The lowest BCUT2D eigenvalue weighted by Gasteiger charge is -2.62. The van der Waals surface area contributed by atoms with Crippen LogP contribution in [0.3, 0.4) is 0 Å². The van der Waals surface area contributed by atoms with Crippen molar-refractivity contribution >= 4 is 27.4 Å². The van der Waals surface area contributed by atoms with E-state index in [1.54, 1.807) is 24.3 Å². The summed E-state index contributed by atoms with van der Waals surface area (Å²) in [7, 11) is -1.43. The third-order valence-electron chi connectivity index (χ3n) is 6.67. The predicted octanol–water partition coefficient (Wildman–Crippen LogP) is 0.813. The molecule has 4 saturated carbocycles. The summed E-state index contributed by atoms with van der Waals surface area (Å²) in [4.78, 5) is 6.50. The fraction of sp³-hybridized carbons (Fsp3) is 0.632. The lowest BCUT2D eigenvalue weighted by molar-refractivity contribution is -0.158. The van der Waals surface area contributed by atoms with Gasteiger partial charge < -0.3 is 21.5 Å². The summed E-state index contributed by atoms with van der Waals surface area (Å²) in [6.07, 6.45) is 4.46. The number of aliphatic imine (C=N–C) groups is 1. The van der Waals surface area contributed by atoms with Gasteiger partial charge in [-0.1, -0.05) is 6.07 Å². The maximum Gasteiger partial charge on any atom is 0.229 e. The average molecular weight is 408 g/mol. The third-order valence-corrected chi connectivity index (χ3v) is 7.27. The molecule has 8 nitrogen and oxygen atoms in total. The van der Waals surface area contributed by atoms with E-state index in [0.717, 1.165) is 31.9 Å². The van der Waals surface area contributed by atoms with E-state index in [2.05, 4.69) is 9.71 Å². The maximum absolute atomic E-state index is 11.4. The molecule has 1 aromatic rings. The van der Waals surface area contributed by atoms with Gasteiger partial charge in [0.1, 0.15) is 0 Å². The first-order chi connectivity index (χ1) is 13.0. The topological polar surface area (TPSA) is 134 Å². The fourth-order valence-corrected chi connectivity index (χ4v) is 6.33. The molecule has 28 heavy (non-hydrogen) atoms. The van der Waals surface area contributed by atoms with Crippen LogP contribution in [-0.2, 0) is 10.0 Å². The van der Waals surface area contributed by atoms with E-state index in [1.807, 2.05) is 11.9 Å². The minimum atomic E-state index is -3.36. The Morgan fingerprint density at radius 3 is 2.75 bits per heavy atom. The van der Waals surface area contributed by atoms with E-state index < -0.39 is 15.6 Å². The lowest BCUT2D eigenvalue weighted by Crippen LogP contribution is -2.69. The van der Waals surface area contributed by atoms with Crippen molar-refractivity contribution in [3.05, 3.63) is 24.3 Å². The van der Waals surface area contributed by atoms with E-state index in [1.165, 1.54) is 0 Å². The first kappa shape index (κ1) is 19.5. The van der Waals surface area contributed by atoms with E-state index >= 15 is 0 Å². The number of nitrogens with one attached hydrogen (secondary N) is 1. The first-order valence-corrected chi connectivity index (χ1v) is 11.6. The summed E-state index contributed by atoms with van der Waals surface area (Å²) in [6, 6.07) is 7.06. The fourth-order valence-electron chi connectivity index (χ4n) is 5.78. The van der Waals surface area contributed by atoms with Gasteiger partial charge in [0.25, 0.3) is 0 Å². The number of benzene rings is 1. The van der Waals surface area contributed by atoms with Crippen molar-refractivity contribution in [1.29, 1.82) is 0 Å². The van der Waals surface area contributed by atoms with Crippen LogP contribution in [0.5, 0.6) is 0 Å². The molecule has 4 fully saturated rings. The van der Waals surface area contributed by atoms with E-state index in [9.17, 15) is 13.5 Å². The van der Waals surface area contributed by atoms with Crippen molar-refractivity contribution in [1.82, 2.24) is 4.90 Å². The second-order valence-electron chi connectivity index (χ2n) is 8.83. The zero-order valence-electron chi connectivity index (χ0n) is 16.2. The summed E-state index contributed by atoms with van der Waals surface area (Å²) in [6.45, 7) is 0. The quantitative estimate of drug-likeness (QED) is 0.431. The summed E-state index contributed by atoms with van der Waals surface area (Å²) in [5.41, 5.74) is 13.3. The zero-order valence-corrected chi connectivity index (χ0v) is 17.1. The van der Waals surface area contributed by atoms with Crippen LogP contribution >= 0.6 is 0 Å². The number of rotatable bonds is 4. The minimum Gasteiger partial charge on any atom is -0.390 e. The molecule has 0 saturated heterocycles. The molecule has 0 aromatic heterocycles. The van der Waals surface area contributed by atoms with Crippen molar-refractivity contribution in [3.63, 3.8) is 0 Å². The molecule has 1 aromatic carbocycles. The van der Waals surface area contributed by atoms with Crippen molar-refractivity contribution in [2.75, 3.05) is 18.0 Å². The molecule has 6 atom stereocenters. The molecule has 0 amide bonds. The molecule has 0 spiro atoms. The van der Waals surface area contributed by atoms with E-state index in [0.29, 0.717) is 29.2 Å². The van der Waals surface area contributed by atoms with Gasteiger partial charge in [-0.25, -0.2) is 13.4 Å².